The molecule has 0 unspecified atom stereocenters. The van der Waals surface area contributed by atoms with Gasteiger partial charge in [-0.15, -0.1) is 0 Å². The highest BCUT2D eigenvalue weighted by Crippen LogP contribution is 2.12. The van der Waals surface area contributed by atoms with Crippen LogP contribution in [0.2, 0.25) is 0 Å². The summed E-state index contributed by atoms with van der Waals surface area (Å²) in [5, 5.41) is 4.09. The van der Waals surface area contributed by atoms with Crippen molar-refractivity contribution in [1.82, 2.24) is 15.1 Å². The van der Waals surface area contributed by atoms with Gasteiger partial charge in [-0.25, -0.2) is 4.98 Å². The number of hydrogen-bond acceptors (Lipinski definition) is 4. The summed E-state index contributed by atoms with van der Waals surface area (Å²) in [6.45, 7) is 2.21. The standard InChI is InChI=1S/C22H23N3O/c1-2-3-9-18-10-8-11-19(16-18)17-21-24-22(26-25-21)14-5-4-12-20-13-6-7-15-23-20/h6-8,10-11,13,15-16H,2-3,5,9,14,17H2,1H3. The van der Waals surface area contributed by atoms with Gasteiger partial charge in [0.05, 0.1) is 0 Å². The highest BCUT2D eigenvalue weighted by molar-refractivity contribution is 5.27. The third-order valence-corrected chi connectivity index (χ3v) is 4.03. The van der Waals surface area contributed by atoms with Gasteiger partial charge in [0.25, 0.3) is 0 Å². The van der Waals surface area contributed by atoms with Crippen LogP contribution in [-0.2, 0) is 19.3 Å². The summed E-state index contributed by atoms with van der Waals surface area (Å²) in [6, 6.07) is 14.3. The number of rotatable bonds is 7. The summed E-state index contributed by atoms with van der Waals surface area (Å²) in [7, 11) is 0. The second-order valence-electron chi connectivity index (χ2n) is 6.22. The van der Waals surface area contributed by atoms with Crippen molar-refractivity contribution in [3.05, 3.63) is 77.2 Å². The van der Waals surface area contributed by atoms with Crippen LogP contribution in [0.5, 0.6) is 0 Å². The SMILES string of the molecule is CCCCc1cccc(Cc2noc(CCC#Cc3ccccn3)n2)c1. The van der Waals surface area contributed by atoms with Gasteiger partial charge in [-0.1, -0.05) is 54.8 Å². The minimum absolute atomic E-state index is 0.637. The van der Waals surface area contributed by atoms with E-state index in [2.05, 4.69) is 58.2 Å². The van der Waals surface area contributed by atoms with Gasteiger partial charge >= 0.3 is 0 Å². The second-order valence-corrected chi connectivity index (χ2v) is 6.22. The van der Waals surface area contributed by atoms with Crippen molar-refractivity contribution in [3.8, 4) is 11.8 Å². The third kappa shape index (κ3) is 5.56. The van der Waals surface area contributed by atoms with Crippen molar-refractivity contribution < 1.29 is 4.52 Å². The molecule has 4 heteroatoms. The number of aryl methyl sites for hydroxylation is 2. The highest BCUT2D eigenvalue weighted by atomic mass is 16.5. The van der Waals surface area contributed by atoms with Gasteiger partial charge in [0.15, 0.2) is 5.82 Å². The Balaban J connectivity index is 1.52. The third-order valence-electron chi connectivity index (χ3n) is 4.03. The molecule has 2 heterocycles. The average molecular weight is 345 g/mol. The Kier molecular flexibility index (Phi) is 6.55. The molecule has 0 aliphatic carbocycles. The molecule has 0 aliphatic rings. The zero-order valence-electron chi connectivity index (χ0n) is 15.1. The molecule has 0 saturated heterocycles. The quantitative estimate of drug-likeness (QED) is 0.596. The van der Waals surface area contributed by atoms with Crippen molar-refractivity contribution >= 4 is 0 Å². The molecule has 0 amide bonds. The number of unbranched alkanes of at least 4 members (excludes halogenated alkanes) is 1. The number of benzene rings is 1. The molecule has 1 aromatic carbocycles. The van der Waals surface area contributed by atoms with E-state index in [1.165, 1.54) is 24.0 Å². The second kappa shape index (κ2) is 9.53. The van der Waals surface area contributed by atoms with Gasteiger partial charge in [0, 0.05) is 25.5 Å². The van der Waals surface area contributed by atoms with Gasteiger partial charge in [-0.3, -0.25) is 0 Å². The fraction of sp³-hybridized carbons (Fsp3) is 0.318. The molecule has 132 valence electrons. The fourth-order valence-electron chi connectivity index (χ4n) is 2.68. The van der Waals surface area contributed by atoms with Gasteiger partial charge < -0.3 is 4.52 Å². The first-order valence-electron chi connectivity index (χ1n) is 9.12. The van der Waals surface area contributed by atoms with Crippen molar-refractivity contribution in [1.29, 1.82) is 0 Å². The number of nitrogens with zero attached hydrogens (tertiary/aromatic N) is 3. The summed E-state index contributed by atoms with van der Waals surface area (Å²) in [5.41, 5.74) is 3.38. The van der Waals surface area contributed by atoms with Crippen LogP contribution >= 0.6 is 0 Å². The zero-order chi connectivity index (χ0) is 18.0. The Morgan fingerprint density at radius 2 is 1.96 bits per heavy atom. The summed E-state index contributed by atoms with van der Waals surface area (Å²) in [4.78, 5) is 8.66. The fourth-order valence-corrected chi connectivity index (χ4v) is 2.68. The van der Waals surface area contributed by atoms with E-state index in [0.29, 0.717) is 25.2 Å². The lowest BCUT2D eigenvalue weighted by Crippen LogP contribution is -1.94. The van der Waals surface area contributed by atoms with Crippen molar-refractivity contribution in [2.45, 2.75) is 45.4 Å². The minimum Gasteiger partial charge on any atom is -0.339 e. The zero-order valence-corrected chi connectivity index (χ0v) is 15.1. The highest BCUT2D eigenvalue weighted by Gasteiger charge is 2.07. The predicted molar refractivity (Wildman–Crippen MR) is 102 cm³/mol. The van der Waals surface area contributed by atoms with E-state index < -0.39 is 0 Å². The van der Waals surface area contributed by atoms with Gasteiger partial charge in [-0.05, 0) is 42.0 Å². The Labute approximate surface area is 154 Å². The number of hydrogen-bond donors (Lipinski definition) is 0. The van der Waals surface area contributed by atoms with Crippen molar-refractivity contribution in [2.24, 2.45) is 0 Å². The van der Waals surface area contributed by atoms with E-state index >= 15 is 0 Å². The molecule has 0 bridgehead atoms. The molecule has 0 spiro atoms. The van der Waals surface area contributed by atoms with Crippen LogP contribution in [0.4, 0.5) is 0 Å². The predicted octanol–water partition coefficient (Wildman–Crippen LogP) is 4.38. The Hall–Kier alpha value is -2.93. The molecular weight excluding hydrogens is 322 g/mol. The van der Waals surface area contributed by atoms with Crippen LogP contribution in [0.3, 0.4) is 0 Å². The van der Waals surface area contributed by atoms with E-state index in [9.17, 15) is 0 Å². The first kappa shape index (κ1) is 17.9. The molecule has 3 rings (SSSR count). The number of aromatic nitrogens is 3. The van der Waals surface area contributed by atoms with Crippen LogP contribution in [0, 0.1) is 11.8 Å². The Bertz CT molecular complexity index is 875. The summed E-state index contributed by atoms with van der Waals surface area (Å²) >= 11 is 0. The normalized spacial score (nSPS) is 10.3. The minimum atomic E-state index is 0.637. The molecule has 0 radical (unpaired) electrons. The summed E-state index contributed by atoms with van der Waals surface area (Å²) in [5.74, 6) is 7.49. The van der Waals surface area contributed by atoms with Crippen molar-refractivity contribution in [2.75, 3.05) is 0 Å². The van der Waals surface area contributed by atoms with Crippen LogP contribution < -0.4 is 0 Å². The van der Waals surface area contributed by atoms with Crippen LogP contribution in [0.1, 0.15) is 54.7 Å². The lowest BCUT2D eigenvalue weighted by Gasteiger charge is -2.02. The largest absolute Gasteiger partial charge is 0.339 e. The maximum atomic E-state index is 5.34. The van der Waals surface area contributed by atoms with Crippen LogP contribution in [0.15, 0.2) is 53.2 Å². The van der Waals surface area contributed by atoms with E-state index in [0.717, 1.165) is 17.9 Å². The lowest BCUT2D eigenvalue weighted by atomic mass is 10.0. The topological polar surface area (TPSA) is 51.8 Å². The van der Waals surface area contributed by atoms with E-state index in [1.807, 2.05) is 18.2 Å². The Morgan fingerprint density at radius 1 is 1.04 bits per heavy atom. The molecule has 4 nitrogen and oxygen atoms in total. The lowest BCUT2D eigenvalue weighted by molar-refractivity contribution is 0.375. The Morgan fingerprint density at radius 3 is 2.81 bits per heavy atom. The van der Waals surface area contributed by atoms with Crippen molar-refractivity contribution in [3.63, 3.8) is 0 Å². The molecule has 26 heavy (non-hydrogen) atoms. The molecular formula is C22H23N3O. The maximum absolute atomic E-state index is 5.34. The van der Waals surface area contributed by atoms with Crippen LogP contribution in [0.25, 0.3) is 0 Å². The molecule has 0 fully saturated rings. The smallest absolute Gasteiger partial charge is 0.227 e. The number of pyridine rings is 1. The monoisotopic (exact) mass is 345 g/mol. The molecule has 3 aromatic rings. The summed E-state index contributed by atoms with van der Waals surface area (Å²) < 4.78 is 5.34. The molecule has 0 aliphatic heterocycles. The van der Waals surface area contributed by atoms with E-state index in [-0.39, 0.29) is 0 Å². The first-order chi connectivity index (χ1) is 12.8. The average Bonchev–Trinajstić information content (AvgIpc) is 3.12. The molecule has 0 saturated carbocycles. The summed E-state index contributed by atoms with van der Waals surface area (Å²) in [6.07, 6.45) is 7.32. The molecule has 0 atom stereocenters. The molecule has 2 aromatic heterocycles. The van der Waals surface area contributed by atoms with E-state index in [4.69, 9.17) is 4.52 Å². The van der Waals surface area contributed by atoms with Crippen LogP contribution in [-0.4, -0.2) is 15.1 Å². The molecule has 0 N–H and O–H groups in total. The maximum Gasteiger partial charge on any atom is 0.227 e. The van der Waals surface area contributed by atoms with Gasteiger partial charge in [-0.2, -0.15) is 4.98 Å². The van der Waals surface area contributed by atoms with E-state index in [1.54, 1.807) is 6.20 Å². The first-order valence-corrected chi connectivity index (χ1v) is 9.12. The van der Waals surface area contributed by atoms with Gasteiger partial charge in [0.2, 0.25) is 5.89 Å². The van der Waals surface area contributed by atoms with Gasteiger partial charge in [0.1, 0.15) is 5.69 Å².